The van der Waals surface area contributed by atoms with Gasteiger partial charge in [-0.2, -0.15) is 0 Å². The zero-order valence-corrected chi connectivity index (χ0v) is 14.0. The van der Waals surface area contributed by atoms with Crippen LogP contribution in [0.4, 0.5) is 0 Å². The van der Waals surface area contributed by atoms with Crippen molar-refractivity contribution in [2.45, 2.75) is 65.0 Å². The second-order valence-corrected chi connectivity index (χ2v) is 5.92. The van der Waals surface area contributed by atoms with Crippen LogP contribution in [0.15, 0.2) is 18.2 Å². The topological polar surface area (TPSA) is 41.5 Å². The highest BCUT2D eigenvalue weighted by Gasteiger charge is 2.14. The van der Waals surface area contributed by atoms with Gasteiger partial charge < -0.3 is 15.2 Å². The van der Waals surface area contributed by atoms with Crippen molar-refractivity contribution >= 4 is 0 Å². The first-order valence-corrected chi connectivity index (χ1v) is 8.14. The standard InChI is InChI=1S/C18H31NO2/c1-5-6-7-8-9-15(3)19-13-17(20)16-12-14(2)10-11-18(16)21-4/h10-12,15,17,19-20H,5-9,13H2,1-4H3. The molecule has 0 aromatic heterocycles. The summed E-state index contributed by atoms with van der Waals surface area (Å²) in [6.07, 6.45) is 5.78. The van der Waals surface area contributed by atoms with E-state index in [0.717, 1.165) is 23.3 Å². The van der Waals surface area contributed by atoms with Crippen LogP contribution in [0.25, 0.3) is 0 Å². The van der Waals surface area contributed by atoms with E-state index in [2.05, 4.69) is 19.2 Å². The molecule has 0 aliphatic rings. The number of ether oxygens (including phenoxy) is 1. The van der Waals surface area contributed by atoms with Gasteiger partial charge in [-0.25, -0.2) is 0 Å². The molecule has 2 unspecified atom stereocenters. The normalized spacial score (nSPS) is 14.0. The Morgan fingerprint density at radius 2 is 2.00 bits per heavy atom. The maximum atomic E-state index is 10.4. The fraction of sp³-hybridized carbons (Fsp3) is 0.667. The van der Waals surface area contributed by atoms with Gasteiger partial charge in [0.25, 0.3) is 0 Å². The molecule has 1 rings (SSSR count). The van der Waals surface area contributed by atoms with Gasteiger partial charge in [-0.3, -0.25) is 0 Å². The van der Waals surface area contributed by atoms with Gasteiger partial charge in [-0.1, -0.05) is 44.2 Å². The molecule has 120 valence electrons. The van der Waals surface area contributed by atoms with Crippen LogP contribution >= 0.6 is 0 Å². The van der Waals surface area contributed by atoms with E-state index in [9.17, 15) is 5.11 Å². The molecule has 3 heteroatoms. The summed E-state index contributed by atoms with van der Waals surface area (Å²) in [5.74, 6) is 0.755. The highest BCUT2D eigenvalue weighted by molar-refractivity contribution is 5.38. The number of nitrogens with one attached hydrogen (secondary N) is 1. The van der Waals surface area contributed by atoms with Gasteiger partial charge in [0.15, 0.2) is 0 Å². The van der Waals surface area contributed by atoms with Gasteiger partial charge in [0.1, 0.15) is 5.75 Å². The van der Waals surface area contributed by atoms with Crippen molar-refractivity contribution in [3.8, 4) is 5.75 Å². The third-order valence-electron chi connectivity index (χ3n) is 3.89. The Morgan fingerprint density at radius 3 is 2.67 bits per heavy atom. The van der Waals surface area contributed by atoms with Crippen LogP contribution in [0.1, 0.15) is 63.2 Å². The SMILES string of the molecule is CCCCCCC(C)NCC(O)c1cc(C)ccc1OC. The van der Waals surface area contributed by atoms with Crippen molar-refractivity contribution < 1.29 is 9.84 Å². The van der Waals surface area contributed by atoms with Crippen LogP contribution in [0.5, 0.6) is 5.75 Å². The fourth-order valence-corrected chi connectivity index (χ4v) is 2.52. The molecular formula is C18H31NO2. The summed E-state index contributed by atoms with van der Waals surface area (Å²) in [7, 11) is 1.64. The minimum atomic E-state index is -0.530. The Morgan fingerprint density at radius 1 is 1.24 bits per heavy atom. The van der Waals surface area contributed by atoms with Gasteiger partial charge in [0.05, 0.1) is 13.2 Å². The molecule has 0 spiro atoms. The molecule has 2 N–H and O–H groups in total. The number of methoxy groups -OCH3 is 1. The smallest absolute Gasteiger partial charge is 0.124 e. The summed E-state index contributed by atoms with van der Waals surface area (Å²) in [5, 5.41) is 13.8. The van der Waals surface area contributed by atoms with Crippen molar-refractivity contribution in [3.63, 3.8) is 0 Å². The van der Waals surface area contributed by atoms with Gasteiger partial charge in [-0.15, -0.1) is 0 Å². The maximum absolute atomic E-state index is 10.4. The molecule has 0 amide bonds. The third kappa shape index (κ3) is 6.49. The van der Waals surface area contributed by atoms with Crippen molar-refractivity contribution in [1.29, 1.82) is 0 Å². The number of unbranched alkanes of at least 4 members (excludes halogenated alkanes) is 3. The molecule has 1 aromatic rings. The summed E-state index contributed by atoms with van der Waals surface area (Å²) in [5.41, 5.74) is 2.00. The van der Waals surface area contributed by atoms with E-state index in [1.807, 2.05) is 25.1 Å². The Kier molecular flexibility index (Phi) is 8.40. The molecule has 0 heterocycles. The number of aliphatic hydroxyl groups excluding tert-OH is 1. The second-order valence-electron chi connectivity index (χ2n) is 5.92. The molecule has 0 aliphatic heterocycles. The molecule has 0 aliphatic carbocycles. The third-order valence-corrected chi connectivity index (χ3v) is 3.89. The molecule has 0 bridgehead atoms. The van der Waals surface area contributed by atoms with E-state index in [0.29, 0.717) is 12.6 Å². The Balaban J connectivity index is 2.42. The Labute approximate surface area is 129 Å². The Hall–Kier alpha value is -1.06. The molecule has 3 nitrogen and oxygen atoms in total. The largest absolute Gasteiger partial charge is 0.496 e. The number of benzene rings is 1. The van der Waals surface area contributed by atoms with Crippen LogP contribution in [-0.2, 0) is 0 Å². The van der Waals surface area contributed by atoms with Crippen LogP contribution in [-0.4, -0.2) is 24.8 Å². The molecule has 0 fully saturated rings. The number of rotatable bonds is 10. The first-order chi connectivity index (χ1) is 10.1. The predicted molar refractivity (Wildman–Crippen MR) is 88.9 cm³/mol. The van der Waals surface area contributed by atoms with E-state index in [1.54, 1.807) is 7.11 Å². The lowest BCUT2D eigenvalue weighted by molar-refractivity contribution is 0.165. The summed E-state index contributed by atoms with van der Waals surface area (Å²) in [6.45, 7) is 7.01. The number of hydrogen-bond acceptors (Lipinski definition) is 3. The van der Waals surface area contributed by atoms with Crippen molar-refractivity contribution in [2.24, 2.45) is 0 Å². The highest BCUT2D eigenvalue weighted by atomic mass is 16.5. The summed E-state index contributed by atoms with van der Waals surface area (Å²) >= 11 is 0. The first kappa shape index (κ1) is 18.0. The molecule has 0 saturated carbocycles. The number of aliphatic hydroxyl groups is 1. The van der Waals surface area contributed by atoms with Crippen molar-refractivity contribution in [3.05, 3.63) is 29.3 Å². The van der Waals surface area contributed by atoms with E-state index in [1.165, 1.54) is 25.7 Å². The van der Waals surface area contributed by atoms with Crippen LogP contribution in [0, 0.1) is 6.92 Å². The molecule has 2 atom stereocenters. The quantitative estimate of drug-likeness (QED) is 0.641. The average molecular weight is 293 g/mol. The number of aryl methyl sites for hydroxylation is 1. The second kappa shape index (κ2) is 9.80. The highest BCUT2D eigenvalue weighted by Crippen LogP contribution is 2.26. The molecule has 0 saturated heterocycles. The zero-order valence-electron chi connectivity index (χ0n) is 14.0. The van der Waals surface area contributed by atoms with Crippen molar-refractivity contribution in [2.75, 3.05) is 13.7 Å². The van der Waals surface area contributed by atoms with Gasteiger partial charge >= 0.3 is 0 Å². The van der Waals surface area contributed by atoms with E-state index >= 15 is 0 Å². The van der Waals surface area contributed by atoms with Crippen LogP contribution in [0.3, 0.4) is 0 Å². The summed E-state index contributed by atoms with van der Waals surface area (Å²) < 4.78 is 5.33. The minimum Gasteiger partial charge on any atom is -0.496 e. The molecule has 1 aromatic carbocycles. The van der Waals surface area contributed by atoms with Crippen molar-refractivity contribution in [1.82, 2.24) is 5.32 Å². The predicted octanol–water partition coefficient (Wildman–Crippen LogP) is 3.99. The summed E-state index contributed by atoms with van der Waals surface area (Å²) in [4.78, 5) is 0. The first-order valence-electron chi connectivity index (χ1n) is 8.14. The molecular weight excluding hydrogens is 262 g/mol. The van der Waals surface area contributed by atoms with Crippen LogP contribution < -0.4 is 10.1 Å². The molecule has 0 radical (unpaired) electrons. The van der Waals surface area contributed by atoms with E-state index in [4.69, 9.17) is 4.74 Å². The minimum absolute atomic E-state index is 0.437. The monoisotopic (exact) mass is 293 g/mol. The number of hydrogen-bond donors (Lipinski definition) is 2. The zero-order chi connectivity index (χ0) is 15.7. The van der Waals surface area contributed by atoms with E-state index < -0.39 is 6.10 Å². The lowest BCUT2D eigenvalue weighted by Crippen LogP contribution is -2.30. The lowest BCUT2D eigenvalue weighted by atomic mass is 10.0. The van der Waals surface area contributed by atoms with Gasteiger partial charge in [0, 0.05) is 18.2 Å². The van der Waals surface area contributed by atoms with E-state index in [-0.39, 0.29) is 0 Å². The van der Waals surface area contributed by atoms with Crippen LogP contribution in [0.2, 0.25) is 0 Å². The van der Waals surface area contributed by atoms with Gasteiger partial charge in [0.2, 0.25) is 0 Å². The maximum Gasteiger partial charge on any atom is 0.124 e. The average Bonchev–Trinajstić information content (AvgIpc) is 2.49. The van der Waals surface area contributed by atoms with Gasteiger partial charge in [-0.05, 0) is 32.4 Å². The summed E-state index contributed by atoms with van der Waals surface area (Å²) in [6, 6.07) is 6.35. The molecule has 21 heavy (non-hydrogen) atoms. The Bertz CT molecular complexity index is 406. The lowest BCUT2D eigenvalue weighted by Gasteiger charge is -2.19. The fourth-order valence-electron chi connectivity index (χ4n) is 2.52.